The van der Waals surface area contributed by atoms with Crippen LogP contribution in [0, 0.1) is 11.8 Å². The highest BCUT2D eigenvalue weighted by Crippen LogP contribution is 2.35. The van der Waals surface area contributed by atoms with Crippen molar-refractivity contribution in [3.63, 3.8) is 0 Å². The van der Waals surface area contributed by atoms with Crippen LogP contribution in [0.25, 0.3) is 21.0 Å². The minimum absolute atomic E-state index is 0.0427. The molecule has 1 saturated carbocycles. The van der Waals surface area contributed by atoms with E-state index in [-0.39, 0.29) is 42.2 Å². The molecule has 0 radical (unpaired) electrons. The number of anilines is 1. The van der Waals surface area contributed by atoms with E-state index in [1.165, 1.54) is 74.3 Å². The highest BCUT2D eigenvalue weighted by molar-refractivity contribution is 7.18. The second-order valence-corrected chi connectivity index (χ2v) is 29.2. The molecule has 4 aliphatic heterocycles. The number of primary amides is 1. The fraction of sp³-hybridized carbons (Fsp3) is 0.571. The van der Waals surface area contributed by atoms with E-state index in [0.717, 1.165) is 64.9 Å². The number of nitrogens with zero attached hydrogens (tertiary/aromatic N) is 5. The van der Waals surface area contributed by atoms with E-state index in [1.807, 2.05) is 0 Å². The summed E-state index contributed by atoms with van der Waals surface area (Å²) < 4.78 is 11.0. The summed E-state index contributed by atoms with van der Waals surface area (Å²) in [5.74, 6) is -9.72. The molecule has 4 aromatic rings. The third-order valence-electron chi connectivity index (χ3n) is 19.1. The van der Waals surface area contributed by atoms with Crippen LogP contribution in [0.1, 0.15) is 109 Å². The molecule has 101 heavy (non-hydrogen) atoms. The number of hydrogen-bond acceptors (Lipinski definition) is 22. The van der Waals surface area contributed by atoms with Gasteiger partial charge in [0.25, 0.3) is 5.91 Å². The SMILES string of the molecule is CC1CCC(N2CCN(c3ccc(-c4cnc(-c5ccc(C(=O)N[C@H]6C[C@@H](O)CNC(=O)[C@@H]7[C@@H](O)[C@@H](C)CN7C(=O)[C@H]([C@H](O)CC(N)=O)NC(=O)[C@H]([C@H](O)Cc7ccc(O)c(OCCCNC(=O)OC(C)(C)C)c7)NC(=O)[C@@H]7C[C@@H](O)CN7C(=O)[C@H]([C@@H](C)O)NC6=O)cc5)s4)cc3)CC2)CC1. The number of carbonyl (C=O) groups is 9. The minimum atomic E-state index is -2.20. The van der Waals surface area contributed by atoms with Gasteiger partial charge in [0.1, 0.15) is 46.9 Å². The molecule has 0 spiro atoms. The van der Waals surface area contributed by atoms with E-state index < -0.39 is 183 Å². The summed E-state index contributed by atoms with van der Waals surface area (Å²) in [5.41, 5.74) is 7.75. The first kappa shape index (κ1) is 76.6. The molecule has 13 atom stereocenters. The number of phenols is 1. The summed E-state index contributed by atoms with van der Waals surface area (Å²) in [5, 5.41) is 95.2. The molecule has 5 fully saturated rings. The number of nitrogens with one attached hydrogen (secondary N) is 6. The number of aliphatic hydroxyl groups is 6. The molecular weight excluding hydrogens is 1330 g/mol. The van der Waals surface area contributed by atoms with Crippen LogP contribution < -0.4 is 47.3 Å². The fourth-order valence-corrected chi connectivity index (χ4v) is 14.4. The number of aromatic hydroxyl groups is 1. The molecular formula is C70H96N12O18S. The van der Waals surface area contributed by atoms with Crippen molar-refractivity contribution in [1.29, 1.82) is 0 Å². The molecule has 5 aliphatic rings. The Morgan fingerprint density at radius 2 is 1.41 bits per heavy atom. The second kappa shape index (κ2) is 33.9. The van der Waals surface area contributed by atoms with Crippen LogP contribution in [0.2, 0.25) is 0 Å². The molecule has 9 rings (SSSR count). The smallest absolute Gasteiger partial charge is 0.407 e. The van der Waals surface area contributed by atoms with E-state index >= 15 is 0 Å². The second-order valence-electron chi connectivity index (χ2n) is 28.2. The number of nitrogens with two attached hydrogens (primary N) is 1. The number of carbonyl (C=O) groups excluding carboxylic acids is 9. The number of phenolic OH excluding ortho intramolecular Hbond substituents is 1. The molecule has 4 saturated heterocycles. The molecule has 3 aromatic carbocycles. The van der Waals surface area contributed by atoms with Crippen LogP contribution in [0.15, 0.2) is 72.9 Å². The van der Waals surface area contributed by atoms with Gasteiger partial charge in [0.05, 0.1) is 54.5 Å². The molecule has 9 amide bonds. The Morgan fingerprint density at radius 3 is 2.07 bits per heavy atom. The van der Waals surface area contributed by atoms with Gasteiger partial charge >= 0.3 is 6.09 Å². The summed E-state index contributed by atoms with van der Waals surface area (Å²) in [6.07, 6.45) is -6.95. The van der Waals surface area contributed by atoms with Gasteiger partial charge in [-0.15, -0.1) is 11.3 Å². The maximum atomic E-state index is 14.8. The van der Waals surface area contributed by atoms with Crippen LogP contribution in [-0.2, 0) is 44.7 Å². The number of ether oxygens (including phenoxy) is 2. The normalized spacial score (nSPS) is 27.1. The van der Waals surface area contributed by atoms with Crippen molar-refractivity contribution in [2.45, 2.75) is 184 Å². The van der Waals surface area contributed by atoms with Gasteiger partial charge in [-0.3, -0.25) is 43.3 Å². The van der Waals surface area contributed by atoms with Crippen LogP contribution >= 0.6 is 11.3 Å². The number of benzene rings is 3. The largest absolute Gasteiger partial charge is 0.504 e. The van der Waals surface area contributed by atoms with Crippen molar-refractivity contribution in [2.75, 3.05) is 63.9 Å². The first-order valence-electron chi connectivity index (χ1n) is 34.5. The first-order valence-corrected chi connectivity index (χ1v) is 35.3. The number of alkyl carbamates (subject to hydrolysis) is 1. The summed E-state index contributed by atoms with van der Waals surface area (Å²) in [4.78, 5) is 139. The number of hydrogen-bond donors (Lipinski definition) is 14. The Morgan fingerprint density at radius 1 is 0.752 bits per heavy atom. The van der Waals surface area contributed by atoms with Gasteiger partial charge in [-0.1, -0.05) is 44.2 Å². The van der Waals surface area contributed by atoms with Crippen molar-refractivity contribution in [3.8, 4) is 32.5 Å². The van der Waals surface area contributed by atoms with Gasteiger partial charge in [-0.05, 0) is 113 Å². The van der Waals surface area contributed by atoms with E-state index in [9.17, 15) is 78.9 Å². The predicted octanol–water partition coefficient (Wildman–Crippen LogP) is 0.000900. The van der Waals surface area contributed by atoms with Gasteiger partial charge < -0.3 is 97.6 Å². The summed E-state index contributed by atoms with van der Waals surface area (Å²) in [6.45, 7) is 12.5. The van der Waals surface area contributed by atoms with Crippen molar-refractivity contribution < 1.29 is 88.4 Å². The number of fused-ring (bicyclic) bond motifs is 2. The highest BCUT2D eigenvalue weighted by atomic mass is 32.1. The lowest BCUT2D eigenvalue weighted by Crippen LogP contribution is -2.64. The molecule has 31 heteroatoms. The lowest BCUT2D eigenvalue weighted by molar-refractivity contribution is -0.147. The van der Waals surface area contributed by atoms with E-state index in [0.29, 0.717) is 16.6 Å². The van der Waals surface area contributed by atoms with Gasteiger partial charge in [-0.2, -0.15) is 0 Å². The maximum absolute atomic E-state index is 14.8. The standard InChI is InChI=1S/C70H96N12O18S/c1-37-8-17-44(18-9-37)79-23-25-80(26-24-79)45-19-15-41(16-20-45)54-34-74-66(101-54)43-13-11-42(12-14-43)61(91)75-48-30-46(84)33-73-65(95)59-60(90)38(2)35-82(59)68(97)58(52(88)32-55(71)89)78-64(94)57(77-63(93)49-31-47(85)36-81(49)67(96)56(39(3)83)76-62(48)92)51(87)28-40-10-21-50(86)53(29-40)99-27-7-22-72-69(98)100-70(4,5)6/h10-16,19-21,29,34,37-39,44,46-49,51-52,56-60,83-88,90H,7-9,17-18,22-28,30-33,35-36H2,1-6H3,(H2,71,89)(H,72,98)(H,73,95)(H,75,91)(H,76,92)(H,77,93)(H,78,94)/t37?,38-,39+,44?,46+,47+,48-,49-,51+,52+,56-,57-,58-,59-,60-/m0/s1. The fourth-order valence-electron chi connectivity index (χ4n) is 13.5. The van der Waals surface area contributed by atoms with Gasteiger partial charge in [-0.25, -0.2) is 9.78 Å². The van der Waals surface area contributed by atoms with Crippen LogP contribution in [0.4, 0.5) is 10.5 Å². The Hall–Kier alpha value is -8.56. The Labute approximate surface area is 589 Å². The zero-order chi connectivity index (χ0) is 73.1. The Bertz CT molecular complexity index is 3580. The predicted molar refractivity (Wildman–Crippen MR) is 369 cm³/mol. The quantitative estimate of drug-likeness (QED) is 0.0583. The van der Waals surface area contributed by atoms with E-state index in [1.54, 1.807) is 39.1 Å². The number of thiazole rings is 1. The molecule has 1 aliphatic carbocycles. The zero-order valence-electron chi connectivity index (χ0n) is 57.7. The highest BCUT2D eigenvalue weighted by Gasteiger charge is 2.50. The lowest BCUT2D eigenvalue weighted by atomic mass is 9.86. The Balaban J connectivity index is 0.942. The van der Waals surface area contributed by atoms with E-state index in [4.69, 9.17) is 15.2 Å². The van der Waals surface area contributed by atoms with Gasteiger partial charge in [0.15, 0.2) is 11.5 Å². The van der Waals surface area contributed by atoms with Crippen molar-refractivity contribution in [3.05, 3.63) is 84.1 Å². The van der Waals surface area contributed by atoms with Gasteiger partial charge in [0.2, 0.25) is 41.4 Å². The number of rotatable bonds is 18. The van der Waals surface area contributed by atoms with E-state index in [2.05, 4.69) is 77.9 Å². The zero-order valence-corrected chi connectivity index (χ0v) is 58.5. The number of aliphatic hydroxyl groups excluding tert-OH is 6. The maximum Gasteiger partial charge on any atom is 0.407 e. The molecule has 5 heterocycles. The monoisotopic (exact) mass is 1420 g/mol. The molecule has 30 nitrogen and oxygen atoms in total. The molecule has 0 bridgehead atoms. The number of β-amino-alcohol motifs (C(OH)–C–C–N with tert-alkyl or cyclic N) is 1. The number of piperazine rings is 1. The average molecular weight is 1430 g/mol. The van der Waals surface area contributed by atoms with Crippen LogP contribution in [0.5, 0.6) is 11.5 Å². The van der Waals surface area contributed by atoms with Gasteiger partial charge in [0, 0.05) is 107 Å². The third kappa shape index (κ3) is 20.0. The summed E-state index contributed by atoms with van der Waals surface area (Å²) >= 11 is 1.45. The summed E-state index contributed by atoms with van der Waals surface area (Å²) in [6, 6.07) is 7.69. The topological polar surface area (TPSA) is 438 Å². The van der Waals surface area contributed by atoms with Crippen molar-refractivity contribution in [1.82, 2.24) is 51.6 Å². The first-order chi connectivity index (χ1) is 47.9. The molecule has 0 unspecified atom stereocenters. The van der Waals surface area contributed by atoms with Crippen LogP contribution in [-0.4, -0.2) is 252 Å². The van der Waals surface area contributed by atoms with Crippen molar-refractivity contribution >= 4 is 70.4 Å². The third-order valence-corrected chi connectivity index (χ3v) is 20.2. The molecule has 15 N–H and O–H groups in total. The van der Waals surface area contributed by atoms with Crippen molar-refractivity contribution in [2.24, 2.45) is 17.6 Å². The Kier molecular flexibility index (Phi) is 25.7. The number of amides is 9. The molecule has 1 aromatic heterocycles. The average Bonchev–Trinajstić information content (AvgIpc) is 1.68. The summed E-state index contributed by atoms with van der Waals surface area (Å²) in [7, 11) is 0. The van der Waals surface area contributed by atoms with Crippen LogP contribution in [0.3, 0.4) is 0 Å². The lowest BCUT2D eigenvalue weighted by Gasteiger charge is -2.42. The minimum Gasteiger partial charge on any atom is -0.504 e. The number of aromatic nitrogens is 1. The molecule has 550 valence electrons.